The third-order valence-electron chi connectivity index (χ3n) is 2.33. The van der Waals surface area contributed by atoms with Gasteiger partial charge < -0.3 is 10.5 Å². The smallest absolute Gasteiger partial charge is 0.334 e. The van der Waals surface area contributed by atoms with Crippen LogP contribution < -0.4 is 11.1 Å². The third-order valence-corrected chi connectivity index (χ3v) is 2.33. The van der Waals surface area contributed by atoms with Crippen LogP contribution in [0.25, 0.3) is 0 Å². The van der Waals surface area contributed by atoms with Crippen LogP contribution in [0.4, 0.5) is 0 Å². The van der Waals surface area contributed by atoms with Crippen molar-refractivity contribution in [3.8, 4) is 0 Å². The number of hydrogen-bond acceptors (Lipinski definition) is 4. The molecule has 18 heavy (non-hydrogen) atoms. The lowest BCUT2D eigenvalue weighted by Crippen LogP contribution is -2.32. The molecule has 4 heteroatoms. The number of benzene rings is 1. The van der Waals surface area contributed by atoms with Crippen molar-refractivity contribution in [3.05, 3.63) is 47.7 Å². The van der Waals surface area contributed by atoms with Crippen LogP contribution in [0, 0.1) is 0 Å². The first-order valence-corrected chi connectivity index (χ1v) is 5.99. The zero-order valence-corrected chi connectivity index (χ0v) is 10.8. The molecule has 1 aromatic carbocycles. The van der Waals surface area contributed by atoms with Gasteiger partial charge in [-0.3, -0.25) is 5.32 Å². The number of rotatable bonds is 6. The molecule has 0 radical (unpaired) electrons. The molecule has 0 aliphatic heterocycles. The van der Waals surface area contributed by atoms with E-state index in [0.29, 0.717) is 5.70 Å². The van der Waals surface area contributed by atoms with E-state index in [9.17, 15) is 4.79 Å². The van der Waals surface area contributed by atoms with Crippen LogP contribution in [-0.4, -0.2) is 18.7 Å². The van der Waals surface area contributed by atoms with E-state index in [4.69, 9.17) is 10.5 Å². The quantitative estimate of drug-likeness (QED) is 0.455. The topological polar surface area (TPSA) is 64.4 Å². The van der Waals surface area contributed by atoms with E-state index in [1.54, 1.807) is 13.8 Å². The number of esters is 1. The second kappa shape index (κ2) is 7.50. The molecule has 0 amide bonds. The molecule has 1 rings (SSSR count). The van der Waals surface area contributed by atoms with E-state index in [2.05, 4.69) is 17.4 Å². The van der Waals surface area contributed by atoms with Crippen LogP contribution in [-0.2, 0) is 16.0 Å². The summed E-state index contributed by atoms with van der Waals surface area (Å²) in [4.78, 5) is 11.3. The van der Waals surface area contributed by atoms with E-state index in [1.165, 1.54) is 11.6 Å². The molecule has 0 saturated carbocycles. The zero-order chi connectivity index (χ0) is 13.4. The normalized spacial score (nSPS) is 13.1. The SMILES string of the molecule is C/C(N)=C\C(=O)OC(C)NCCc1ccccc1. The monoisotopic (exact) mass is 248 g/mol. The van der Waals surface area contributed by atoms with Crippen LogP contribution in [0.5, 0.6) is 0 Å². The van der Waals surface area contributed by atoms with Gasteiger partial charge in [0.1, 0.15) is 0 Å². The number of hydrogen-bond donors (Lipinski definition) is 2. The van der Waals surface area contributed by atoms with Gasteiger partial charge in [-0.1, -0.05) is 30.3 Å². The van der Waals surface area contributed by atoms with Crippen molar-refractivity contribution in [2.45, 2.75) is 26.5 Å². The second-order valence-electron chi connectivity index (χ2n) is 4.16. The third kappa shape index (κ3) is 6.06. The molecule has 0 bridgehead atoms. The molecule has 0 saturated heterocycles. The molecule has 3 N–H and O–H groups in total. The summed E-state index contributed by atoms with van der Waals surface area (Å²) >= 11 is 0. The summed E-state index contributed by atoms with van der Waals surface area (Å²) in [7, 11) is 0. The van der Waals surface area contributed by atoms with E-state index in [1.807, 2.05) is 18.2 Å². The van der Waals surface area contributed by atoms with Crippen LogP contribution in [0.1, 0.15) is 19.4 Å². The summed E-state index contributed by atoms with van der Waals surface area (Å²) in [6, 6.07) is 10.1. The summed E-state index contributed by atoms with van der Waals surface area (Å²) in [6.45, 7) is 4.20. The van der Waals surface area contributed by atoms with E-state index >= 15 is 0 Å². The first-order chi connectivity index (χ1) is 8.58. The van der Waals surface area contributed by atoms with Crippen molar-refractivity contribution < 1.29 is 9.53 Å². The molecule has 1 unspecified atom stereocenters. The van der Waals surface area contributed by atoms with Gasteiger partial charge in [-0.05, 0) is 25.8 Å². The van der Waals surface area contributed by atoms with Gasteiger partial charge in [-0.15, -0.1) is 0 Å². The Morgan fingerprint density at radius 1 is 1.44 bits per heavy atom. The Bertz CT molecular complexity index is 398. The maximum atomic E-state index is 11.3. The highest BCUT2D eigenvalue weighted by Gasteiger charge is 2.05. The van der Waals surface area contributed by atoms with Crippen molar-refractivity contribution in [3.63, 3.8) is 0 Å². The molecule has 98 valence electrons. The van der Waals surface area contributed by atoms with E-state index in [-0.39, 0.29) is 6.23 Å². The van der Waals surface area contributed by atoms with Gasteiger partial charge in [-0.25, -0.2) is 4.79 Å². The summed E-state index contributed by atoms with van der Waals surface area (Å²) in [5, 5.41) is 3.12. The molecule has 1 atom stereocenters. The average Bonchev–Trinajstić information content (AvgIpc) is 2.29. The number of nitrogens with one attached hydrogen (secondary N) is 1. The Hall–Kier alpha value is -1.81. The van der Waals surface area contributed by atoms with Crippen molar-refractivity contribution in [1.29, 1.82) is 0 Å². The van der Waals surface area contributed by atoms with Crippen LogP contribution >= 0.6 is 0 Å². The minimum Gasteiger partial charge on any atom is -0.444 e. The molecule has 0 aromatic heterocycles. The van der Waals surface area contributed by atoms with Gasteiger partial charge in [0.25, 0.3) is 0 Å². The van der Waals surface area contributed by atoms with Crippen molar-refractivity contribution in [2.75, 3.05) is 6.54 Å². The minimum atomic E-state index is -0.422. The molecular weight excluding hydrogens is 228 g/mol. The number of allylic oxidation sites excluding steroid dienone is 1. The highest BCUT2D eigenvalue weighted by Crippen LogP contribution is 1.99. The Kier molecular flexibility index (Phi) is 5.94. The number of carbonyl (C=O) groups is 1. The van der Waals surface area contributed by atoms with E-state index in [0.717, 1.165) is 13.0 Å². The van der Waals surface area contributed by atoms with Crippen molar-refractivity contribution >= 4 is 5.97 Å². The predicted octanol–water partition coefficient (Wildman–Crippen LogP) is 1.57. The molecule has 0 spiro atoms. The first-order valence-electron chi connectivity index (χ1n) is 5.99. The molecule has 0 aliphatic rings. The summed E-state index contributed by atoms with van der Waals surface area (Å²) in [6.07, 6.45) is 1.85. The molecule has 1 aromatic rings. The number of ether oxygens (including phenoxy) is 1. The highest BCUT2D eigenvalue weighted by atomic mass is 16.6. The van der Waals surface area contributed by atoms with Gasteiger partial charge in [0.15, 0.2) is 6.23 Å². The first kappa shape index (κ1) is 14.3. The Morgan fingerprint density at radius 2 is 2.11 bits per heavy atom. The molecule has 0 heterocycles. The fraction of sp³-hybridized carbons (Fsp3) is 0.357. The largest absolute Gasteiger partial charge is 0.444 e. The fourth-order valence-electron chi connectivity index (χ4n) is 1.50. The predicted molar refractivity (Wildman–Crippen MR) is 71.6 cm³/mol. The summed E-state index contributed by atoms with van der Waals surface area (Å²) in [5.41, 5.74) is 7.08. The lowest BCUT2D eigenvalue weighted by Gasteiger charge is -2.13. The summed E-state index contributed by atoms with van der Waals surface area (Å²) < 4.78 is 5.09. The maximum Gasteiger partial charge on any atom is 0.334 e. The van der Waals surface area contributed by atoms with Gasteiger partial charge in [0.2, 0.25) is 0 Å². The van der Waals surface area contributed by atoms with Gasteiger partial charge in [0.05, 0.1) is 0 Å². The number of carbonyl (C=O) groups excluding carboxylic acids is 1. The fourth-order valence-corrected chi connectivity index (χ4v) is 1.50. The Balaban J connectivity index is 2.23. The van der Waals surface area contributed by atoms with E-state index < -0.39 is 5.97 Å². The van der Waals surface area contributed by atoms with Crippen LogP contribution in [0.3, 0.4) is 0 Å². The zero-order valence-electron chi connectivity index (χ0n) is 10.8. The standard InChI is InChI=1S/C14H20N2O2/c1-11(15)10-14(17)18-12(2)16-9-8-13-6-4-3-5-7-13/h3-7,10,12,16H,8-9,15H2,1-2H3/b11-10+. The molecule has 0 aliphatic carbocycles. The average molecular weight is 248 g/mol. The Morgan fingerprint density at radius 3 is 2.72 bits per heavy atom. The Labute approximate surface area is 108 Å². The van der Waals surface area contributed by atoms with Crippen molar-refractivity contribution in [1.82, 2.24) is 5.32 Å². The molecule has 0 fully saturated rings. The lowest BCUT2D eigenvalue weighted by molar-refractivity contribution is -0.143. The van der Waals surface area contributed by atoms with Crippen molar-refractivity contribution in [2.24, 2.45) is 5.73 Å². The van der Waals surface area contributed by atoms with Crippen LogP contribution in [0.15, 0.2) is 42.1 Å². The lowest BCUT2D eigenvalue weighted by atomic mass is 10.1. The maximum absolute atomic E-state index is 11.3. The van der Waals surface area contributed by atoms with Gasteiger partial charge in [0, 0.05) is 18.3 Å². The molecule has 4 nitrogen and oxygen atoms in total. The van der Waals surface area contributed by atoms with Crippen LogP contribution in [0.2, 0.25) is 0 Å². The number of nitrogens with two attached hydrogens (primary N) is 1. The highest BCUT2D eigenvalue weighted by molar-refractivity contribution is 5.82. The second-order valence-corrected chi connectivity index (χ2v) is 4.16. The minimum absolute atomic E-state index is 0.322. The molecular formula is C14H20N2O2. The summed E-state index contributed by atoms with van der Waals surface area (Å²) in [5.74, 6) is -0.422. The van der Waals surface area contributed by atoms with Gasteiger partial charge in [-0.2, -0.15) is 0 Å². The van der Waals surface area contributed by atoms with Gasteiger partial charge >= 0.3 is 5.97 Å².